The van der Waals surface area contributed by atoms with Gasteiger partial charge in [0.15, 0.2) is 0 Å². The fourth-order valence-corrected chi connectivity index (χ4v) is 1.83. The number of ether oxygens (including phenoxy) is 1. The molecule has 0 atom stereocenters. The van der Waals surface area contributed by atoms with Crippen molar-refractivity contribution in [1.82, 2.24) is 4.72 Å². The molecular weight excluding hydrogens is 289 g/mol. The van der Waals surface area contributed by atoms with Crippen LogP contribution in [-0.4, -0.2) is 27.2 Å². The molecule has 5 nitrogen and oxygen atoms in total. The van der Waals surface area contributed by atoms with Crippen molar-refractivity contribution in [2.24, 2.45) is 0 Å². The smallest absolute Gasteiger partial charge is 0.326 e. The minimum Gasteiger partial charge on any atom is -0.425 e. The molecular formula is C9H9Cl2NO4S. The quantitative estimate of drug-likeness (QED) is 0.674. The van der Waals surface area contributed by atoms with E-state index in [9.17, 15) is 13.2 Å². The highest BCUT2D eigenvalue weighted by atomic mass is 35.5. The molecule has 0 aliphatic carbocycles. The van der Waals surface area contributed by atoms with Gasteiger partial charge < -0.3 is 4.74 Å². The van der Waals surface area contributed by atoms with Crippen LogP contribution in [0.5, 0.6) is 5.75 Å². The highest BCUT2D eigenvalue weighted by Crippen LogP contribution is 2.24. The summed E-state index contributed by atoms with van der Waals surface area (Å²) in [5.74, 6) is -0.600. The molecule has 1 rings (SSSR count). The number of nitrogens with one attached hydrogen (secondary N) is 1. The largest absolute Gasteiger partial charge is 0.425 e. The first-order valence-electron chi connectivity index (χ1n) is 4.38. The van der Waals surface area contributed by atoms with Crippen LogP contribution in [0.4, 0.5) is 0 Å². The van der Waals surface area contributed by atoms with E-state index in [1.807, 2.05) is 4.72 Å². The van der Waals surface area contributed by atoms with E-state index in [1.165, 1.54) is 18.2 Å². The maximum absolute atomic E-state index is 11.2. The Bertz CT molecular complexity index is 510. The number of halogens is 2. The zero-order chi connectivity index (χ0) is 13.1. The molecule has 0 aromatic heterocycles. The average molecular weight is 298 g/mol. The van der Waals surface area contributed by atoms with Gasteiger partial charge in [-0.05, 0) is 18.2 Å². The van der Waals surface area contributed by atoms with Gasteiger partial charge in [-0.25, -0.2) is 13.1 Å². The molecule has 0 fully saturated rings. The van der Waals surface area contributed by atoms with E-state index in [2.05, 4.69) is 0 Å². The van der Waals surface area contributed by atoms with E-state index in [1.54, 1.807) is 0 Å². The summed E-state index contributed by atoms with van der Waals surface area (Å²) in [5.41, 5.74) is 0. The number of carbonyl (C=O) groups is 1. The molecule has 0 heterocycles. The second kappa shape index (κ2) is 5.68. The zero-order valence-electron chi connectivity index (χ0n) is 8.74. The van der Waals surface area contributed by atoms with Crippen LogP contribution in [0.2, 0.25) is 10.0 Å². The lowest BCUT2D eigenvalue weighted by Crippen LogP contribution is -2.30. The Morgan fingerprint density at radius 1 is 1.29 bits per heavy atom. The van der Waals surface area contributed by atoms with Crippen molar-refractivity contribution < 1.29 is 17.9 Å². The normalized spacial score (nSPS) is 11.2. The van der Waals surface area contributed by atoms with Crippen molar-refractivity contribution in [1.29, 1.82) is 0 Å². The first-order valence-corrected chi connectivity index (χ1v) is 7.02. The molecule has 1 N–H and O–H groups in total. The molecule has 1 aromatic rings. The third-order valence-electron chi connectivity index (χ3n) is 1.55. The number of hydrogen-bond acceptors (Lipinski definition) is 4. The van der Waals surface area contributed by atoms with E-state index in [0.717, 1.165) is 6.26 Å². The minimum absolute atomic E-state index is 0.155. The lowest BCUT2D eigenvalue weighted by atomic mass is 10.3. The summed E-state index contributed by atoms with van der Waals surface area (Å²) in [5, 5.41) is 0.632. The molecule has 17 heavy (non-hydrogen) atoms. The van der Waals surface area contributed by atoms with Crippen molar-refractivity contribution in [2.45, 2.75) is 0 Å². The van der Waals surface area contributed by atoms with Crippen molar-refractivity contribution in [3.05, 3.63) is 28.2 Å². The fourth-order valence-electron chi connectivity index (χ4n) is 0.945. The highest BCUT2D eigenvalue weighted by Gasteiger charge is 2.09. The predicted molar refractivity (Wildman–Crippen MR) is 64.9 cm³/mol. The third kappa shape index (κ3) is 5.88. The van der Waals surface area contributed by atoms with E-state index in [-0.39, 0.29) is 5.75 Å². The van der Waals surface area contributed by atoms with Gasteiger partial charge in [0.25, 0.3) is 0 Å². The third-order valence-corrected chi connectivity index (χ3v) is 2.65. The molecule has 8 heteroatoms. The second-order valence-corrected chi connectivity index (χ2v) is 5.88. The van der Waals surface area contributed by atoms with Gasteiger partial charge in [-0.2, -0.15) is 0 Å². The Kier molecular flexibility index (Phi) is 4.76. The van der Waals surface area contributed by atoms with E-state index in [0.29, 0.717) is 10.0 Å². The summed E-state index contributed by atoms with van der Waals surface area (Å²) >= 11 is 11.4. The second-order valence-electron chi connectivity index (χ2n) is 3.17. The molecule has 0 unspecified atom stereocenters. The monoisotopic (exact) mass is 297 g/mol. The van der Waals surface area contributed by atoms with Gasteiger partial charge in [0.1, 0.15) is 12.3 Å². The van der Waals surface area contributed by atoms with Crippen molar-refractivity contribution in [3.8, 4) is 5.75 Å². The molecule has 0 aliphatic rings. The van der Waals surface area contributed by atoms with Crippen LogP contribution >= 0.6 is 23.2 Å². The van der Waals surface area contributed by atoms with Crippen LogP contribution < -0.4 is 9.46 Å². The molecule has 1 aromatic carbocycles. The number of carbonyl (C=O) groups excluding carboxylic acids is 1. The van der Waals surface area contributed by atoms with Gasteiger partial charge in [-0.15, -0.1) is 0 Å². The fraction of sp³-hybridized carbons (Fsp3) is 0.222. The van der Waals surface area contributed by atoms with Crippen LogP contribution in [0.3, 0.4) is 0 Å². The Hall–Kier alpha value is -0.820. The summed E-state index contributed by atoms with van der Waals surface area (Å²) < 4.78 is 28.3. The maximum Gasteiger partial charge on any atom is 0.326 e. The van der Waals surface area contributed by atoms with Crippen molar-refractivity contribution in [2.75, 3.05) is 12.8 Å². The molecule has 0 saturated heterocycles. The minimum atomic E-state index is -3.43. The molecule has 0 radical (unpaired) electrons. The van der Waals surface area contributed by atoms with Crippen LogP contribution in [0, 0.1) is 0 Å². The first-order chi connectivity index (χ1) is 7.76. The van der Waals surface area contributed by atoms with E-state index >= 15 is 0 Å². The zero-order valence-corrected chi connectivity index (χ0v) is 11.1. The molecule has 0 saturated carbocycles. The number of hydrogen-bond donors (Lipinski definition) is 1. The Labute approximate surface area is 109 Å². The predicted octanol–water partition coefficient (Wildman–Crippen LogP) is 1.45. The summed E-state index contributed by atoms with van der Waals surface area (Å²) in [6, 6.07) is 4.27. The van der Waals surface area contributed by atoms with Gasteiger partial charge in [-0.1, -0.05) is 23.2 Å². The number of benzene rings is 1. The first kappa shape index (κ1) is 14.2. The number of sulfonamides is 1. The van der Waals surface area contributed by atoms with Gasteiger partial charge in [0, 0.05) is 10.0 Å². The standard InChI is InChI=1S/C9H9Cl2NO4S/c1-17(14,15)12-5-9(13)16-8-3-6(10)2-7(11)4-8/h2-4,12H,5H2,1H3. The van der Waals surface area contributed by atoms with Gasteiger partial charge in [-0.3, -0.25) is 4.79 Å². The van der Waals surface area contributed by atoms with Crippen LogP contribution in [-0.2, 0) is 14.8 Å². The summed E-state index contributed by atoms with van der Waals surface area (Å²) in [7, 11) is -3.43. The Morgan fingerprint density at radius 2 is 1.82 bits per heavy atom. The molecule has 94 valence electrons. The maximum atomic E-state index is 11.2. The Balaban J connectivity index is 2.62. The highest BCUT2D eigenvalue weighted by molar-refractivity contribution is 7.88. The van der Waals surface area contributed by atoms with Crippen LogP contribution in [0.25, 0.3) is 0 Å². The SMILES string of the molecule is CS(=O)(=O)NCC(=O)Oc1cc(Cl)cc(Cl)c1. The van der Waals surface area contributed by atoms with Crippen molar-refractivity contribution in [3.63, 3.8) is 0 Å². The number of esters is 1. The van der Waals surface area contributed by atoms with E-state index in [4.69, 9.17) is 27.9 Å². The summed E-state index contributed by atoms with van der Waals surface area (Å²) in [4.78, 5) is 11.2. The average Bonchev–Trinajstić information content (AvgIpc) is 2.11. The van der Waals surface area contributed by atoms with E-state index < -0.39 is 22.5 Å². The van der Waals surface area contributed by atoms with Crippen LogP contribution in [0.1, 0.15) is 0 Å². The van der Waals surface area contributed by atoms with Crippen LogP contribution in [0.15, 0.2) is 18.2 Å². The van der Waals surface area contributed by atoms with Gasteiger partial charge >= 0.3 is 5.97 Å². The topological polar surface area (TPSA) is 72.5 Å². The van der Waals surface area contributed by atoms with Gasteiger partial charge in [0.2, 0.25) is 10.0 Å². The lowest BCUT2D eigenvalue weighted by Gasteiger charge is -2.05. The Morgan fingerprint density at radius 3 is 2.29 bits per heavy atom. The molecule has 0 aliphatic heterocycles. The summed E-state index contributed by atoms with van der Waals surface area (Å²) in [6.07, 6.45) is 0.941. The number of rotatable bonds is 4. The van der Waals surface area contributed by atoms with Gasteiger partial charge in [0.05, 0.1) is 6.26 Å². The van der Waals surface area contributed by atoms with Crippen molar-refractivity contribution >= 4 is 39.2 Å². The summed E-state index contributed by atoms with van der Waals surface area (Å²) in [6.45, 7) is -0.455. The molecule has 0 spiro atoms. The molecule has 0 bridgehead atoms. The molecule has 0 amide bonds. The lowest BCUT2D eigenvalue weighted by molar-refractivity contribution is -0.133.